The van der Waals surface area contributed by atoms with Gasteiger partial charge in [0.1, 0.15) is 6.04 Å². The van der Waals surface area contributed by atoms with Crippen molar-refractivity contribution in [1.82, 2.24) is 14.8 Å². The number of halogens is 1. The van der Waals surface area contributed by atoms with Crippen molar-refractivity contribution in [3.05, 3.63) is 106 Å². The minimum atomic E-state index is -0.469. The molecule has 2 amide bonds. The van der Waals surface area contributed by atoms with Crippen molar-refractivity contribution in [2.45, 2.75) is 37.8 Å². The Kier molecular flexibility index (Phi) is 6.02. The molecule has 2 unspecified atom stereocenters. The first-order valence-corrected chi connectivity index (χ1v) is 12.9. The number of carbonyl (C=O) groups is 2. The number of benzene rings is 3. The lowest BCUT2D eigenvalue weighted by molar-refractivity contribution is -0.159. The number of aromatic nitrogens is 1. The standard InChI is InChI=1S/C30H28ClN3O2/c31-22-13-10-21(11-14-22)16-17-33-19-28(35)34-26(15-12-20-6-2-1-3-7-20)29-24(18-27(34)30(33)36)23-8-4-5-9-25(23)32-29/h1-11,13-14,26-27,32H,12,15-19H2. The minimum absolute atomic E-state index is 0.0260. The third kappa shape index (κ3) is 4.18. The minimum Gasteiger partial charge on any atom is -0.356 e. The fourth-order valence-corrected chi connectivity index (χ4v) is 5.92. The highest BCUT2D eigenvalue weighted by Crippen LogP contribution is 2.41. The third-order valence-electron chi connectivity index (χ3n) is 7.59. The van der Waals surface area contributed by atoms with Crippen molar-refractivity contribution in [3.8, 4) is 0 Å². The number of fused-ring (bicyclic) bond motifs is 4. The first-order valence-electron chi connectivity index (χ1n) is 12.6. The number of amides is 2. The molecule has 6 heteroatoms. The van der Waals surface area contributed by atoms with Crippen LogP contribution in [0.1, 0.15) is 34.8 Å². The van der Waals surface area contributed by atoms with E-state index >= 15 is 0 Å². The van der Waals surface area contributed by atoms with Gasteiger partial charge in [-0.3, -0.25) is 9.59 Å². The van der Waals surface area contributed by atoms with Crippen LogP contribution < -0.4 is 0 Å². The summed E-state index contributed by atoms with van der Waals surface area (Å²) in [5, 5.41) is 1.84. The van der Waals surface area contributed by atoms with Crippen molar-refractivity contribution in [1.29, 1.82) is 0 Å². The number of carbonyl (C=O) groups excluding carboxylic acids is 2. The third-order valence-corrected chi connectivity index (χ3v) is 7.84. The van der Waals surface area contributed by atoms with E-state index in [9.17, 15) is 9.59 Å². The Hall–Kier alpha value is -3.57. The Bertz CT molecular complexity index is 1410. The van der Waals surface area contributed by atoms with Gasteiger partial charge in [-0.1, -0.05) is 72.3 Å². The molecule has 4 aromatic rings. The van der Waals surface area contributed by atoms with Crippen LogP contribution in [0.4, 0.5) is 0 Å². The lowest BCUT2D eigenvalue weighted by Crippen LogP contribution is -2.63. The van der Waals surface area contributed by atoms with E-state index in [2.05, 4.69) is 29.2 Å². The van der Waals surface area contributed by atoms with Crippen LogP contribution in [0.25, 0.3) is 10.9 Å². The maximum absolute atomic E-state index is 13.8. The molecule has 5 nitrogen and oxygen atoms in total. The predicted octanol–water partition coefficient (Wildman–Crippen LogP) is 5.33. The van der Waals surface area contributed by atoms with E-state index in [0.29, 0.717) is 24.4 Å². The van der Waals surface area contributed by atoms with E-state index in [0.717, 1.165) is 35.0 Å². The molecule has 2 aliphatic heterocycles. The number of hydrogen-bond acceptors (Lipinski definition) is 2. The molecule has 1 fully saturated rings. The molecule has 36 heavy (non-hydrogen) atoms. The van der Waals surface area contributed by atoms with E-state index in [4.69, 9.17) is 11.6 Å². The van der Waals surface area contributed by atoms with Crippen LogP contribution in [0.5, 0.6) is 0 Å². The van der Waals surface area contributed by atoms with Crippen LogP contribution in [0.15, 0.2) is 78.9 Å². The van der Waals surface area contributed by atoms with Gasteiger partial charge in [-0.05, 0) is 54.2 Å². The maximum atomic E-state index is 13.8. The molecule has 2 atom stereocenters. The molecule has 0 spiro atoms. The normalized spacial score (nSPS) is 19.5. The number of nitrogens with one attached hydrogen (secondary N) is 1. The Morgan fingerprint density at radius 1 is 0.861 bits per heavy atom. The Morgan fingerprint density at radius 2 is 1.58 bits per heavy atom. The number of aromatic amines is 1. The molecule has 0 bridgehead atoms. The molecule has 1 saturated heterocycles. The van der Waals surface area contributed by atoms with Crippen molar-refractivity contribution in [2.24, 2.45) is 0 Å². The monoisotopic (exact) mass is 497 g/mol. The van der Waals surface area contributed by atoms with Gasteiger partial charge in [0.25, 0.3) is 0 Å². The van der Waals surface area contributed by atoms with Crippen molar-refractivity contribution in [2.75, 3.05) is 13.1 Å². The fourth-order valence-electron chi connectivity index (χ4n) is 5.80. The second-order valence-electron chi connectivity index (χ2n) is 9.76. The first-order chi connectivity index (χ1) is 17.6. The summed E-state index contributed by atoms with van der Waals surface area (Å²) < 4.78 is 0. The molecule has 6 rings (SSSR count). The molecule has 0 radical (unpaired) electrons. The summed E-state index contributed by atoms with van der Waals surface area (Å²) in [5.41, 5.74) is 5.65. The Morgan fingerprint density at radius 3 is 2.39 bits per heavy atom. The molecule has 1 N–H and O–H groups in total. The van der Waals surface area contributed by atoms with E-state index in [1.807, 2.05) is 59.5 Å². The number of piperazine rings is 1. The van der Waals surface area contributed by atoms with Crippen LogP contribution in [0.3, 0.4) is 0 Å². The molecule has 0 saturated carbocycles. The summed E-state index contributed by atoms with van der Waals surface area (Å²) in [6.07, 6.45) is 2.84. The van der Waals surface area contributed by atoms with Gasteiger partial charge < -0.3 is 14.8 Å². The molecule has 3 aromatic carbocycles. The Labute approximate surface area is 215 Å². The average molecular weight is 498 g/mol. The van der Waals surface area contributed by atoms with Gasteiger partial charge in [-0.25, -0.2) is 0 Å². The van der Waals surface area contributed by atoms with E-state index in [1.54, 1.807) is 4.90 Å². The van der Waals surface area contributed by atoms with E-state index < -0.39 is 6.04 Å². The maximum Gasteiger partial charge on any atom is 0.246 e. The van der Waals surface area contributed by atoms with Crippen LogP contribution in [0.2, 0.25) is 5.02 Å². The average Bonchev–Trinajstić information content (AvgIpc) is 3.28. The molecular formula is C30H28ClN3O2. The van der Waals surface area contributed by atoms with Crippen molar-refractivity contribution < 1.29 is 9.59 Å². The highest BCUT2D eigenvalue weighted by molar-refractivity contribution is 6.30. The number of H-pyrrole nitrogens is 1. The second kappa shape index (κ2) is 9.47. The quantitative estimate of drug-likeness (QED) is 0.391. The van der Waals surface area contributed by atoms with Gasteiger partial charge in [0, 0.05) is 34.6 Å². The van der Waals surface area contributed by atoms with Gasteiger partial charge in [0.2, 0.25) is 11.8 Å². The molecular weight excluding hydrogens is 470 g/mol. The lowest BCUT2D eigenvalue weighted by atomic mass is 9.86. The molecule has 182 valence electrons. The van der Waals surface area contributed by atoms with Gasteiger partial charge in [0.05, 0.1) is 12.6 Å². The summed E-state index contributed by atoms with van der Waals surface area (Å²) in [5.74, 6) is 0.0716. The van der Waals surface area contributed by atoms with Crippen LogP contribution >= 0.6 is 11.6 Å². The number of nitrogens with zero attached hydrogens (tertiary/aromatic N) is 2. The number of rotatable bonds is 6. The van der Waals surface area contributed by atoms with Crippen molar-refractivity contribution in [3.63, 3.8) is 0 Å². The summed E-state index contributed by atoms with van der Waals surface area (Å²) >= 11 is 6.01. The van der Waals surface area contributed by atoms with Gasteiger partial charge >= 0.3 is 0 Å². The van der Waals surface area contributed by atoms with Gasteiger partial charge in [-0.15, -0.1) is 0 Å². The zero-order valence-electron chi connectivity index (χ0n) is 20.0. The topological polar surface area (TPSA) is 56.4 Å². The predicted molar refractivity (Wildman–Crippen MR) is 142 cm³/mol. The van der Waals surface area contributed by atoms with Crippen LogP contribution in [0, 0.1) is 0 Å². The SMILES string of the molecule is O=C1C2Cc3c([nH]c4ccccc34)C(CCc3ccccc3)N2C(=O)CN1CCc1ccc(Cl)cc1. The molecule has 3 heterocycles. The largest absolute Gasteiger partial charge is 0.356 e. The molecule has 0 aliphatic carbocycles. The lowest BCUT2D eigenvalue weighted by Gasteiger charge is -2.47. The summed E-state index contributed by atoms with van der Waals surface area (Å²) in [7, 11) is 0. The van der Waals surface area contributed by atoms with E-state index in [-0.39, 0.29) is 24.4 Å². The van der Waals surface area contributed by atoms with Crippen LogP contribution in [-0.4, -0.2) is 45.7 Å². The van der Waals surface area contributed by atoms with E-state index in [1.165, 1.54) is 11.1 Å². The zero-order valence-corrected chi connectivity index (χ0v) is 20.7. The smallest absolute Gasteiger partial charge is 0.246 e. The number of aryl methyl sites for hydroxylation is 1. The van der Waals surface area contributed by atoms with Crippen molar-refractivity contribution >= 4 is 34.3 Å². The molecule has 2 aliphatic rings. The Balaban J connectivity index is 1.30. The highest BCUT2D eigenvalue weighted by Gasteiger charge is 2.47. The summed E-state index contributed by atoms with van der Waals surface area (Å²) in [6.45, 7) is 0.645. The zero-order chi connectivity index (χ0) is 24.6. The van der Waals surface area contributed by atoms with Crippen LogP contribution in [-0.2, 0) is 28.9 Å². The number of hydrogen-bond donors (Lipinski definition) is 1. The van der Waals surface area contributed by atoms with Gasteiger partial charge in [-0.2, -0.15) is 0 Å². The van der Waals surface area contributed by atoms with Gasteiger partial charge in [0.15, 0.2) is 0 Å². The molecule has 1 aromatic heterocycles. The highest BCUT2D eigenvalue weighted by atomic mass is 35.5. The number of para-hydroxylation sites is 1. The first kappa shape index (κ1) is 22.9. The summed E-state index contributed by atoms with van der Waals surface area (Å²) in [4.78, 5) is 34.6. The summed E-state index contributed by atoms with van der Waals surface area (Å²) in [6, 6.07) is 25.6. The second-order valence-corrected chi connectivity index (χ2v) is 10.2. The fraction of sp³-hybridized carbons (Fsp3) is 0.267.